The zero-order chi connectivity index (χ0) is 22.2. The number of ketones is 1. The molecular weight excluding hydrogens is 426 g/mol. The van der Waals surface area contributed by atoms with E-state index in [-0.39, 0.29) is 11.5 Å². The number of nitro benzene ring substituents is 1. The summed E-state index contributed by atoms with van der Waals surface area (Å²) >= 11 is 1.54. The predicted octanol–water partition coefficient (Wildman–Crippen LogP) is 4.81. The highest BCUT2D eigenvalue weighted by Gasteiger charge is 2.37. The average molecular weight is 448 g/mol. The first-order valence-corrected chi connectivity index (χ1v) is 11.4. The molecule has 2 aromatic carbocycles. The Hall–Kier alpha value is -3.46. The number of benzene rings is 2. The molecule has 0 spiro atoms. The molecule has 32 heavy (non-hydrogen) atoms. The SMILES string of the molecule is Cc1ccccc1CSc1nc2n(n1)C(c1ccc([N+](=O)[O-])cc1)C1=C(CCCC1=O)N2. The van der Waals surface area contributed by atoms with Crippen LogP contribution in [0.4, 0.5) is 11.6 Å². The normalized spacial score (nSPS) is 17.5. The van der Waals surface area contributed by atoms with Gasteiger partial charge in [0.2, 0.25) is 11.1 Å². The fraction of sp³-hybridized carbons (Fsp3) is 0.261. The zero-order valence-corrected chi connectivity index (χ0v) is 18.3. The van der Waals surface area contributed by atoms with E-state index < -0.39 is 11.0 Å². The van der Waals surface area contributed by atoms with Crippen LogP contribution in [0.15, 0.2) is 65.0 Å². The maximum atomic E-state index is 12.9. The molecule has 0 radical (unpaired) electrons. The number of nitrogens with one attached hydrogen (secondary N) is 1. The molecule has 8 nitrogen and oxygen atoms in total. The van der Waals surface area contributed by atoms with Gasteiger partial charge in [0.25, 0.3) is 5.69 Å². The van der Waals surface area contributed by atoms with E-state index in [0.717, 1.165) is 29.9 Å². The quantitative estimate of drug-likeness (QED) is 0.340. The number of carbonyl (C=O) groups is 1. The molecule has 5 rings (SSSR count). The Bertz CT molecular complexity index is 1250. The molecule has 9 heteroatoms. The lowest BCUT2D eigenvalue weighted by atomic mass is 9.85. The highest BCUT2D eigenvalue weighted by Crippen LogP contribution is 2.41. The van der Waals surface area contributed by atoms with Gasteiger partial charge in [0.1, 0.15) is 6.04 Å². The molecule has 0 amide bonds. The lowest BCUT2D eigenvalue weighted by molar-refractivity contribution is -0.384. The number of hydrogen-bond donors (Lipinski definition) is 1. The van der Waals surface area contributed by atoms with Gasteiger partial charge in [-0.2, -0.15) is 4.98 Å². The standard InChI is InChI=1S/C23H21N5O3S/c1-14-5-2-3-6-16(14)13-32-23-25-22-24-18-7-4-8-19(29)20(18)21(27(22)26-23)15-9-11-17(12-10-15)28(30)31/h2-3,5-6,9-12,21H,4,7-8,13H2,1H3,(H,24,25,26). The summed E-state index contributed by atoms with van der Waals surface area (Å²) in [6, 6.07) is 14.1. The Labute approximate surface area is 188 Å². The summed E-state index contributed by atoms with van der Waals surface area (Å²) in [6.45, 7) is 2.08. The third kappa shape index (κ3) is 3.69. The lowest BCUT2D eigenvalue weighted by Gasteiger charge is -2.32. The lowest BCUT2D eigenvalue weighted by Crippen LogP contribution is -2.31. The van der Waals surface area contributed by atoms with Gasteiger partial charge in [-0.15, -0.1) is 5.10 Å². The van der Waals surface area contributed by atoms with Crippen LogP contribution < -0.4 is 5.32 Å². The number of anilines is 1. The third-order valence-corrected chi connectivity index (χ3v) is 6.77. The van der Waals surface area contributed by atoms with Gasteiger partial charge in [0.15, 0.2) is 5.78 Å². The molecule has 1 N–H and O–H groups in total. The van der Waals surface area contributed by atoms with Crippen LogP contribution in [0.3, 0.4) is 0 Å². The van der Waals surface area contributed by atoms with E-state index in [1.165, 1.54) is 23.3 Å². The van der Waals surface area contributed by atoms with Crippen LogP contribution in [0.5, 0.6) is 0 Å². The van der Waals surface area contributed by atoms with Crippen molar-refractivity contribution in [2.45, 2.75) is 43.1 Å². The molecule has 0 bridgehead atoms. The van der Waals surface area contributed by atoms with Gasteiger partial charge < -0.3 is 5.32 Å². The number of aryl methyl sites for hydroxylation is 1. The Morgan fingerprint density at radius 3 is 2.72 bits per heavy atom. The highest BCUT2D eigenvalue weighted by atomic mass is 32.2. The fourth-order valence-corrected chi connectivity index (χ4v) is 5.10. The van der Waals surface area contributed by atoms with Crippen LogP contribution in [-0.4, -0.2) is 25.5 Å². The molecular formula is C23H21N5O3S. The molecule has 1 aliphatic carbocycles. The summed E-state index contributed by atoms with van der Waals surface area (Å²) in [5.41, 5.74) is 4.78. The van der Waals surface area contributed by atoms with E-state index in [0.29, 0.717) is 23.1 Å². The molecule has 0 fully saturated rings. The number of allylic oxidation sites excluding steroid dienone is 2. The molecule has 1 aromatic heterocycles. The molecule has 1 unspecified atom stereocenters. The van der Waals surface area contributed by atoms with E-state index in [9.17, 15) is 14.9 Å². The number of nitro groups is 1. The Morgan fingerprint density at radius 2 is 1.97 bits per heavy atom. The highest BCUT2D eigenvalue weighted by molar-refractivity contribution is 7.98. The topological polar surface area (TPSA) is 103 Å². The van der Waals surface area contributed by atoms with Crippen LogP contribution >= 0.6 is 11.8 Å². The maximum Gasteiger partial charge on any atom is 0.269 e. The predicted molar refractivity (Wildman–Crippen MR) is 122 cm³/mol. The van der Waals surface area contributed by atoms with Crippen molar-refractivity contribution < 1.29 is 9.72 Å². The Balaban J connectivity index is 1.51. The van der Waals surface area contributed by atoms with Gasteiger partial charge >= 0.3 is 0 Å². The van der Waals surface area contributed by atoms with Gasteiger partial charge in [-0.1, -0.05) is 36.0 Å². The molecule has 162 valence electrons. The number of Topliss-reactive ketones (excluding diaryl/α,β-unsaturated/α-hetero) is 1. The molecule has 2 aliphatic rings. The van der Waals surface area contributed by atoms with Gasteiger partial charge in [-0.05, 0) is 48.6 Å². The Morgan fingerprint density at radius 1 is 1.19 bits per heavy atom. The van der Waals surface area contributed by atoms with Crippen molar-refractivity contribution in [1.29, 1.82) is 0 Å². The van der Waals surface area contributed by atoms with E-state index in [2.05, 4.69) is 29.4 Å². The number of carbonyl (C=O) groups excluding carboxylic acids is 1. The van der Waals surface area contributed by atoms with Gasteiger partial charge in [0, 0.05) is 35.6 Å². The monoisotopic (exact) mass is 447 g/mol. The number of fused-ring (bicyclic) bond motifs is 1. The maximum absolute atomic E-state index is 12.9. The second-order valence-electron chi connectivity index (χ2n) is 7.92. The first-order chi connectivity index (χ1) is 15.5. The number of aromatic nitrogens is 3. The zero-order valence-electron chi connectivity index (χ0n) is 17.4. The number of rotatable bonds is 5. The first kappa shape index (κ1) is 20.4. The van der Waals surface area contributed by atoms with Crippen LogP contribution in [0.2, 0.25) is 0 Å². The van der Waals surface area contributed by atoms with Crippen molar-refractivity contribution in [3.63, 3.8) is 0 Å². The van der Waals surface area contributed by atoms with E-state index in [1.807, 2.05) is 12.1 Å². The molecule has 0 saturated heterocycles. The molecule has 3 aromatic rings. The molecule has 1 aliphatic heterocycles. The summed E-state index contributed by atoms with van der Waals surface area (Å²) in [5.74, 6) is 1.41. The van der Waals surface area contributed by atoms with Gasteiger partial charge in [-0.25, -0.2) is 4.68 Å². The van der Waals surface area contributed by atoms with Gasteiger partial charge in [0.05, 0.1) is 4.92 Å². The average Bonchev–Trinajstić information content (AvgIpc) is 3.20. The van der Waals surface area contributed by atoms with Crippen molar-refractivity contribution in [2.24, 2.45) is 0 Å². The van der Waals surface area contributed by atoms with Crippen molar-refractivity contribution in [2.75, 3.05) is 5.32 Å². The molecule has 0 saturated carbocycles. The minimum atomic E-state index is -0.449. The number of hydrogen-bond acceptors (Lipinski definition) is 7. The van der Waals surface area contributed by atoms with E-state index in [4.69, 9.17) is 5.10 Å². The molecule has 2 heterocycles. The number of nitrogens with zero attached hydrogens (tertiary/aromatic N) is 4. The largest absolute Gasteiger partial charge is 0.328 e. The van der Waals surface area contributed by atoms with Gasteiger partial charge in [-0.3, -0.25) is 14.9 Å². The summed E-state index contributed by atoms with van der Waals surface area (Å²) in [5, 5.41) is 19.7. The molecule has 1 atom stereocenters. The van der Waals surface area contributed by atoms with Crippen LogP contribution in [-0.2, 0) is 10.5 Å². The van der Waals surface area contributed by atoms with Crippen molar-refractivity contribution >= 4 is 29.2 Å². The summed E-state index contributed by atoms with van der Waals surface area (Å²) in [7, 11) is 0. The second kappa shape index (κ2) is 8.23. The van der Waals surface area contributed by atoms with E-state index in [1.54, 1.807) is 28.6 Å². The number of thioether (sulfide) groups is 1. The Kier molecular flexibility index (Phi) is 5.26. The van der Waals surface area contributed by atoms with Crippen molar-refractivity contribution in [1.82, 2.24) is 14.8 Å². The van der Waals surface area contributed by atoms with Crippen molar-refractivity contribution in [3.8, 4) is 0 Å². The van der Waals surface area contributed by atoms with Crippen LogP contribution in [0, 0.1) is 17.0 Å². The first-order valence-electron chi connectivity index (χ1n) is 10.4. The van der Waals surface area contributed by atoms with Crippen LogP contribution in [0.1, 0.15) is 42.0 Å². The van der Waals surface area contributed by atoms with Crippen molar-refractivity contribution in [3.05, 3.63) is 86.6 Å². The smallest absolute Gasteiger partial charge is 0.269 e. The van der Waals surface area contributed by atoms with Crippen LogP contribution in [0.25, 0.3) is 0 Å². The minimum Gasteiger partial charge on any atom is -0.328 e. The summed E-state index contributed by atoms with van der Waals surface area (Å²) in [4.78, 5) is 28.2. The fourth-order valence-electron chi connectivity index (χ4n) is 4.20. The van der Waals surface area contributed by atoms with E-state index >= 15 is 0 Å². The second-order valence-corrected chi connectivity index (χ2v) is 8.87. The summed E-state index contributed by atoms with van der Waals surface area (Å²) in [6.07, 6.45) is 2.05. The minimum absolute atomic E-state index is 0.0140. The summed E-state index contributed by atoms with van der Waals surface area (Å²) < 4.78 is 1.74. The number of non-ortho nitro benzene ring substituents is 1. The third-order valence-electron chi connectivity index (χ3n) is 5.89.